The van der Waals surface area contributed by atoms with Gasteiger partial charge in [-0.2, -0.15) is 0 Å². The summed E-state index contributed by atoms with van der Waals surface area (Å²) in [6.45, 7) is 8.88. The summed E-state index contributed by atoms with van der Waals surface area (Å²) in [7, 11) is 1.94. The summed E-state index contributed by atoms with van der Waals surface area (Å²) in [6.07, 6.45) is 5.79. The Bertz CT molecular complexity index is 780. The molecule has 7 heteroatoms. The van der Waals surface area contributed by atoms with E-state index in [0.29, 0.717) is 12.2 Å². The second kappa shape index (κ2) is 8.22. The van der Waals surface area contributed by atoms with Gasteiger partial charge in [0.2, 0.25) is 0 Å². The highest BCUT2D eigenvalue weighted by Gasteiger charge is 2.21. The SMILES string of the molecule is Cc1nccnc1CNC(=O)c1cc(SN2CCC(C)CC2)c(C)n1C. The molecule has 1 aliphatic heterocycles. The van der Waals surface area contributed by atoms with Crippen LogP contribution in [0.15, 0.2) is 23.4 Å². The molecule has 3 heterocycles. The van der Waals surface area contributed by atoms with E-state index in [-0.39, 0.29) is 5.91 Å². The summed E-state index contributed by atoms with van der Waals surface area (Å²) in [5.74, 6) is 0.731. The van der Waals surface area contributed by atoms with E-state index in [4.69, 9.17) is 0 Å². The minimum atomic E-state index is -0.0835. The van der Waals surface area contributed by atoms with Gasteiger partial charge < -0.3 is 9.88 Å². The number of aryl methyl sites for hydroxylation is 1. The van der Waals surface area contributed by atoms with Gasteiger partial charge in [-0.1, -0.05) is 6.92 Å². The maximum atomic E-state index is 12.6. The number of nitrogens with zero attached hydrogens (tertiary/aromatic N) is 4. The van der Waals surface area contributed by atoms with E-state index < -0.39 is 0 Å². The summed E-state index contributed by atoms with van der Waals surface area (Å²) in [4.78, 5) is 22.3. The predicted molar refractivity (Wildman–Crippen MR) is 104 cm³/mol. The molecule has 1 saturated heterocycles. The molecule has 0 aromatic carbocycles. The Hall–Kier alpha value is -1.86. The number of hydrogen-bond acceptors (Lipinski definition) is 5. The molecule has 6 nitrogen and oxygen atoms in total. The Morgan fingerprint density at radius 1 is 1.27 bits per heavy atom. The van der Waals surface area contributed by atoms with Crippen LogP contribution < -0.4 is 5.32 Å². The fourth-order valence-electron chi connectivity index (χ4n) is 3.06. The fourth-order valence-corrected chi connectivity index (χ4v) is 4.17. The van der Waals surface area contributed by atoms with Gasteiger partial charge in [-0.25, -0.2) is 4.31 Å². The molecule has 0 saturated carbocycles. The minimum absolute atomic E-state index is 0.0835. The van der Waals surface area contributed by atoms with Crippen molar-refractivity contribution in [1.29, 1.82) is 0 Å². The number of aromatic nitrogens is 3. The zero-order valence-corrected chi connectivity index (χ0v) is 16.8. The monoisotopic (exact) mass is 373 g/mol. The average Bonchev–Trinajstić information content (AvgIpc) is 2.91. The topological polar surface area (TPSA) is 63.1 Å². The molecule has 0 aliphatic carbocycles. The van der Waals surface area contributed by atoms with E-state index in [1.165, 1.54) is 12.8 Å². The smallest absolute Gasteiger partial charge is 0.268 e. The van der Waals surface area contributed by atoms with Crippen molar-refractivity contribution in [1.82, 2.24) is 24.2 Å². The number of rotatable bonds is 5. The first-order chi connectivity index (χ1) is 12.5. The Morgan fingerprint density at radius 2 is 1.96 bits per heavy atom. The molecule has 2 aromatic rings. The Balaban J connectivity index is 1.66. The minimum Gasteiger partial charge on any atom is -0.345 e. The molecular weight excluding hydrogens is 346 g/mol. The van der Waals surface area contributed by atoms with Crippen LogP contribution in [0.2, 0.25) is 0 Å². The third-order valence-corrected chi connectivity index (χ3v) is 6.32. The Labute approximate surface area is 159 Å². The Morgan fingerprint density at radius 3 is 2.65 bits per heavy atom. The fraction of sp³-hybridized carbons (Fsp3) is 0.526. The molecule has 1 aliphatic rings. The maximum Gasteiger partial charge on any atom is 0.268 e. The van der Waals surface area contributed by atoms with Crippen LogP contribution in [-0.4, -0.2) is 37.8 Å². The van der Waals surface area contributed by atoms with E-state index in [0.717, 1.165) is 41.0 Å². The molecule has 0 unspecified atom stereocenters. The first-order valence-electron chi connectivity index (χ1n) is 9.09. The van der Waals surface area contributed by atoms with Crippen molar-refractivity contribution in [3.8, 4) is 0 Å². The second-order valence-electron chi connectivity index (χ2n) is 7.01. The van der Waals surface area contributed by atoms with Crippen LogP contribution in [0.1, 0.15) is 47.3 Å². The number of piperidine rings is 1. The lowest BCUT2D eigenvalue weighted by Gasteiger charge is -2.28. The van der Waals surface area contributed by atoms with Crippen molar-refractivity contribution in [3.63, 3.8) is 0 Å². The van der Waals surface area contributed by atoms with Gasteiger partial charge >= 0.3 is 0 Å². The Kier molecular flexibility index (Phi) is 5.98. The van der Waals surface area contributed by atoms with Gasteiger partial charge in [-0.05, 0) is 50.6 Å². The number of nitrogens with one attached hydrogen (secondary N) is 1. The highest BCUT2D eigenvalue weighted by atomic mass is 32.2. The van der Waals surface area contributed by atoms with Gasteiger partial charge in [-0.3, -0.25) is 14.8 Å². The molecule has 2 aromatic heterocycles. The summed E-state index contributed by atoms with van der Waals surface area (Å²) < 4.78 is 4.38. The highest BCUT2D eigenvalue weighted by Crippen LogP contribution is 2.31. The third kappa shape index (κ3) is 4.27. The molecule has 1 fully saturated rings. The van der Waals surface area contributed by atoms with Gasteiger partial charge in [0, 0.05) is 43.1 Å². The van der Waals surface area contributed by atoms with Crippen molar-refractivity contribution in [2.75, 3.05) is 13.1 Å². The molecule has 3 rings (SSSR count). The first kappa shape index (κ1) is 18.9. The lowest BCUT2D eigenvalue weighted by Crippen LogP contribution is -2.27. The molecule has 140 valence electrons. The van der Waals surface area contributed by atoms with Crippen molar-refractivity contribution in [2.24, 2.45) is 13.0 Å². The van der Waals surface area contributed by atoms with E-state index >= 15 is 0 Å². The molecule has 1 amide bonds. The van der Waals surface area contributed by atoms with E-state index in [1.54, 1.807) is 24.3 Å². The molecule has 0 bridgehead atoms. The second-order valence-corrected chi connectivity index (χ2v) is 8.15. The van der Waals surface area contributed by atoms with Crippen LogP contribution in [-0.2, 0) is 13.6 Å². The van der Waals surface area contributed by atoms with E-state index in [2.05, 4.69) is 33.4 Å². The third-order valence-electron chi connectivity index (χ3n) is 5.09. The van der Waals surface area contributed by atoms with Gasteiger partial charge in [-0.15, -0.1) is 0 Å². The average molecular weight is 374 g/mol. The first-order valence-corrected chi connectivity index (χ1v) is 9.87. The highest BCUT2D eigenvalue weighted by molar-refractivity contribution is 7.97. The van der Waals surface area contributed by atoms with Crippen molar-refractivity contribution in [3.05, 3.63) is 41.2 Å². The number of amides is 1. The van der Waals surface area contributed by atoms with Crippen molar-refractivity contribution in [2.45, 2.75) is 45.1 Å². The normalized spacial score (nSPS) is 16.0. The van der Waals surface area contributed by atoms with Crippen LogP contribution in [0.25, 0.3) is 0 Å². The molecule has 1 N–H and O–H groups in total. The van der Waals surface area contributed by atoms with Crippen LogP contribution in [0.3, 0.4) is 0 Å². The number of hydrogen-bond donors (Lipinski definition) is 1. The van der Waals surface area contributed by atoms with Gasteiger partial charge in [0.25, 0.3) is 5.91 Å². The molecular formula is C19H27N5OS. The zero-order chi connectivity index (χ0) is 18.7. The van der Waals surface area contributed by atoms with E-state index in [9.17, 15) is 4.79 Å². The zero-order valence-electron chi connectivity index (χ0n) is 16.0. The number of carbonyl (C=O) groups excluding carboxylic acids is 1. The van der Waals surface area contributed by atoms with Crippen LogP contribution in [0.5, 0.6) is 0 Å². The maximum absolute atomic E-state index is 12.6. The van der Waals surface area contributed by atoms with Crippen molar-refractivity contribution < 1.29 is 4.79 Å². The molecule has 26 heavy (non-hydrogen) atoms. The summed E-state index contributed by atoms with van der Waals surface area (Å²) in [6, 6.07) is 2.00. The predicted octanol–water partition coefficient (Wildman–Crippen LogP) is 3.10. The summed E-state index contributed by atoms with van der Waals surface area (Å²) >= 11 is 1.77. The van der Waals surface area contributed by atoms with Crippen LogP contribution in [0.4, 0.5) is 0 Å². The van der Waals surface area contributed by atoms with Crippen molar-refractivity contribution >= 4 is 17.9 Å². The standard InChI is InChI=1S/C19H27N5OS/c1-13-5-9-24(10-6-13)26-18-11-17(23(4)15(18)3)19(25)22-12-16-14(2)20-7-8-21-16/h7-8,11,13H,5-6,9-10,12H2,1-4H3,(H,22,25). The quantitative estimate of drug-likeness (QED) is 0.816. The molecule has 0 atom stereocenters. The number of carbonyl (C=O) groups is 1. The largest absolute Gasteiger partial charge is 0.345 e. The van der Waals surface area contributed by atoms with Gasteiger partial charge in [0.15, 0.2) is 0 Å². The van der Waals surface area contributed by atoms with Gasteiger partial charge in [0.05, 0.1) is 17.9 Å². The summed E-state index contributed by atoms with van der Waals surface area (Å²) in [5, 5.41) is 2.96. The van der Waals surface area contributed by atoms with Crippen LogP contribution >= 0.6 is 11.9 Å². The van der Waals surface area contributed by atoms with Crippen LogP contribution in [0, 0.1) is 19.8 Å². The van der Waals surface area contributed by atoms with E-state index in [1.807, 2.05) is 24.6 Å². The lowest BCUT2D eigenvalue weighted by molar-refractivity contribution is 0.0942. The lowest BCUT2D eigenvalue weighted by atomic mass is 10.0. The van der Waals surface area contributed by atoms with Gasteiger partial charge in [0.1, 0.15) is 5.69 Å². The molecule has 0 spiro atoms. The summed E-state index contributed by atoms with van der Waals surface area (Å²) in [5.41, 5.74) is 3.43. The molecule has 0 radical (unpaired) electrons.